The molecule has 0 saturated carbocycles. The standard InChI is InChI=1S/C14H21BrO2/c1-14(2,17-3)8-7-12(10-16)11-5-4-6-13(15)9-11/h4-6,9,12,16H,7-8,10H2,1-3H3. The van der Waals surface area contributed by atoms with Crippen LogP contribution in [0.2, 0.25) is 0 Å². The maximum Gasteiger partial charge on any atom is 0.0623 e. The molecule has 1 aromatic carbocycles. The molecule has 0 amide bonds. The van der Waals surface area contributed by atoms with Crippen LogP contribution in [-0.4, -0.2) is 24.4 Å². The van der Waals surface area contributed by atoms with Crippen LogP contribution in [0, 0.1) is 0 Å². The molecule has 1 N–H and O–H groups in total. The molecule has 0 radical (unpaired) electrons. The molecule has 0 aliphatic carbocycles. The second-order valence-electron chi connectivity index (χ2n) is 4.94. The molecule has 1 unspecified atom stereocenters. The zero-order valence-corrected chi connectivity index (χ0v) is 12.3. The molecule has 0 heterocycles. The van der Waals surface area contributed by atoms with Gasteiger partial charge in [0.2, 0.25) is 0 Å². The maximum atomic E-state index is 9.48. The first-order valence-electron chi connectivity index (χ1n) is 5.90. The predicted molar refractivity (Wildman–Crippen MR) is 74.3 cm³/mol. The summed E-state index contributed by atoms with van der Waals surface area (Å²) < 4.78 is 6.46. The number of methoxy groups -OCH3 is 1. The van der Waals surface area contributed by atoms with E-state index >= 15 is 0 Å². The van der Waals surface area contributed by atoms with Gasteiger partial charge in [-0.15, -0.1) is 0 Å². The van der Waals surface area contributed by atoms with Crippen molar-refractivity contribution in [1.82, 2.24) is 0 Å². The van der Waals surface area contributed by atoms with Crippen LogP contribution in [-0.2, 0) is 4.74 Å². The molecule has 96 valence electrons. The van der Waals surface area contributed by atoms with E-state index < -0.39 is 0 Å². The van der Waals surface area contributed by atoms with E-state index in [1.165, 1.54) is 5.56 Å². The van der Waals surface area contributed by atoms with Crippen molar-refractivity contribution < 1.29 is 9.84 Å². The fourth-order valence-corrected chi connectivity index (χ4v) is 2.16. The van der Waals surface area contributed by atoms with Crippen molar-refractivity contribution in [1.29, 1.82) is 0 Å². The second-order valence-corrected chi connectivity index (χ2v) is 5.85. The minimum Gasteiger partial charge on any atom is -0.396 e. The average Bonchev–Trinajstić information content (AvgIpc) is 2.30. The van der Waals surface area contributed by atoms with Crippen LogP contribution in [0.15, 0.2) is 28.7 Å². The third-order valence-corrected chi connectivity index (χ3v) is 3.68. The number of benzene rings is 1. The number of halogens is 1. The van der Waals surface area contributed by atoms with Gasteiger partial charge in [-0.2, -0.15) is 0 Å². The van der Waals surface area contributed by atoms with Crippen molar-refractivity contribution in [2.75, 3.05) is 13.7 Å². The number of ether oxygens (including phenoxy) is 1. The van der Waals surface area contributed by atoms with Gasteiger partial charge in [0.15, 0.2) is 0 Å². The van der Waals surface area contributed by atoms with Gasteiger partial charge in [-0.25, -0.2) is 0 Å². The molecule has 1 rings (SSSR count). The van der Waals surface area contributed by atoms with Gasteiger partial charge in [-0.05, 0) is 44.4 Å². The zero-order chi connectivity index (χ0) is 12.9. The first-order chi connectivity index (χ1) is 7.98. The van der Waals surface area contributed by atoms with Gasteiger partial charge in [0.25, 0.3) is 0 Å². The van der Waals surface area contributed by atoms with E-state index in [4.69, 9.17) is 4.74 Å². The summed E-state index contributed by atoms with van der Waals surface area (Å²) in [6, 6.07) is 8.13. The number of aliphatic hydroxyl groups is 1. The highest BCUT2D eigenvalue weighted by Gasteiger charge is 2.20. The number of rotatable bonds is 6. The monoisotopic (exact) mass is 300 g/mol. The highest BCUT2D eigenvalue weighted by atomic mass is 79.9. The van der Waals surface area contributed by atoms with Crippen molar-refractivity contribution in [2.45, 2.75) is 38.2 Å². The molecular formula is C14H21BrO2. The molecule has 0 saturated heterocycles. The molecule has 1 aromatic rings. The molecule has 1 atom stereocenters. The molecule has 3 heteroatoms. The minimum absolute atomic E-state index is 0.126. The summed E-state index contributed by atoms with van der Waals surface area (Å²) in [6.07, 6.45) is 1.86. The Morgan fingerprint density at radius 2 is 2.12 bits per heavy atom. The van der Waals surface area contributed by atoms with E-state index in [1.54, 1.807) is 7.11 Å². The lowest BCUT2D eigenvalue weighted by Gasteiger charge is -2.25. The molecular weight excluding hydrogens is 280 g/mol. The van der Waals surface area contributed by atoms with Gasteiger partial charge in [0.1, 0.15) is 0 Å². The molecule has 0 fully saturated rings. The maximum absolute atomic E-state index is 9.48. The Morgan fingerprint density at radius 1 is 1.41 bits per heavy atom. The summed E-state index contributed by atoms with van der Waals surface area (Å²) in [5, 5.41) is 9.48. The van der Waals surface area contributed by atoms with Gasteiger partial charge < -0.3 is 9.84 Å². The SMILES string of the molecule is COC(C)(C)CCC(CO)c1cccc(Br)c1. The van der Waals surface area contributed by atoms with Crippen LogP contribution < -0.4 is 0 Å². The number of hydrogen-bond acceptors (Lipinski definition) is 2. The highest BCUT2D eigenvalue weighted by molar-refractivity contribution is 9.10. The lowest BCUT2D eigenvalue weighted by atomic mass is 9.90. The smallest absolute Gasteiger partial charge is 0.0623 e. The Labute approximate surface area is 112 Å². The van der Waals surface area contributed by atoms with E-state index in [-0.39, 0.29) is 18.1 Å². The lowest BCUT2D eigenvalue weighted by Crippen LogP contribution is -2.23. The third kappa shape index (κ3) is 4.78. The minimum atomic E-state index is -0.126. The Bertz CT molecular complexity index is 350. The van der Waals surface area contributed by atoms with Gasteiger partial charge in [-0.1, -0.05) is 28.1 Å². The zero-order valence-electron chi connectivity index (χ0n) is 10.7. The molecule has 0 aliphatic heterocycles. The van der Waals surface area contributed by atoms with Crippen molar-refractivity contribution in [3.05, 3.63) is 34.3 Å². The second kappa shape index (κ2) is 6.53. The van der Waals surface area contributed by atoms with E-state index in [0.29, 0.717) is 0 Å². The van der Waals surface area contributed by atoms with Crippen LogP contribution in [0.1, 0.15) is 38.2 Å². The Morgan fingerprint density at radius 3 is 2.65 bits per heavy atom. The first kappa shape index (κ1) is 14.7. The van der Waals surface area contributed by atoms with E-state index in [0.717, 1.165) is 17.3 Å². The van der Waals surface area contributed by atoms with Crippen molar-refractivity contribution in [3.63, 3.8) is 0 Å². The summed E-state index contributed by atoms with van der Waals surface area (Å²) in [7, 11) is 1.73. The molecule has 2 nitrogen and oxygen atoms in total. The summed E-state index contributed by atoms with van der Waals surface area (Å²) in [5.41, 5.74) is 1.05. The first-order valence-corrected chi connectivity index (χ1v) is 6.69. The molecule has 0 aromatic heterocycles. The largest absolute Gasteiger partial charge is 0.396 e. The number of aliphatic hydroxyl groups excluding tert-OH is 1. The predicted octanol–water partition coefficient (Wildman–Crippen LogP) is 3.73. The average molecular weight is 301 g/mol. The van der Waals surface area contributed by atoms with Crippen molar-refractivity contribution >= 4 is 15.9 Å². The van der Waals surface area contributed by atoms with Gasteiger partial charge in [-0.3, -0.25) is 0 Å². The molecule has 0 aliphatic rings. The fraction of sp³-hybridized carbons (Fsp3) is 0.571. The summed E-state index contributed by atoms with van der Waals surface area (Å²) >= 11 is 3.46. The summed E-state index contributed by atoms with van der Waals surface area (Å²) in [5.74, 6) is 0.182. The molecule has 0 spiro atoms. The van der Waals surface area contributed by atoms with Crippen LogP contribution in [0.5, 0.6) is 0 Å². The molecule has 17 heavy (non-hydrogen) atoms. The summed E-state index contributed by atoms with van der Waals surface area (Å²) in [6.45, 7) is 4.32. The summed E-state index contributed by atoms with van der Waals surface area (Å²) in [4.78, 5) is 0. The topological polar surface area (TPSA) is 29.5 Å². The van der Waals surface area contributed by atoms with Gasteiger partial charge in [0.05, 0.1) is 5.60 Å². The van der Waals surface area contributed by atoms with E-state index in [2.05, 4.69) is 41.9 Å². The highest BCUT2D eigenvalue weighted by Crippen LogP contribution is 2.27. The van der Waals surface area contributed by atoms with Crippen molar-refractivity contribution in [2.24, 2.45) is 0 Å². The van der Waals surface area contributed by atoms with Crippen LogP contribution in [0.25, 0.3) is 0 Å². The fourth-order valence-electron chi connectivity index (χ4n) is 1.75. The molecule has 0 bridgehead atoms. The Balaban J connectivity index is 2.66. The number of hydrogen-bond donors (Lipinski definition) is 1. The van der Waals surface area contributed by atoms with Gasteiger partial charge >= 0.3 is 0 Å². The Kier molecular flexibility index (Phi) is 5.63. The quantitative estimate of drug-likeness (QED) is 0.867. The van der Waals surface area contributed by atoms with E-state index in [1.807, 2.05) is 12.1 Å². The normalized spacial score (nSPS) is 13.7. The Hall–Kier alpha value is -0.380. The lowest BCUT2D eigenvalue weighted by molar-refractivity contribution is 0.0111. The van der Waals surface area contributed by atoms with Crippen LogP contribution in [0.3, 0.4) is 0 Å². The van der Waals surface area contributed by atoms with Crippen LogP contribution in [0.4, 0.5) is 0 Å². The van der Waals surface area contributed by atoms with Crippen molar-refractivity contribution in [3.8, 4) is 0 Å². The van der Waals surface area contributed by atoms with E-state index in [9.17, 15) is 5.11 Å². The third-order valence-electron chi connectivity index (χ3n) is 3.19. The van der Waals surface area contributed by atoms with Crippen LogP contribution >= 0.6 is 15.9 Å². The van der Waals surface area contributed by atoms with Gasteiger partial charge in [0, 0.05) is 24.1 Å².